The topological polar surface area (TPSA) is 67.2 Å². The highest BCUT2D eigenvalue weighted by atomic mass is 19.3. The van der Waals surface area contributed by atoms with E-state index >= 15 is 0 Å². The van der Waals surface area contributed by atoms with Crippen molar-refractivity contribution in [1.82, 2.24) is 0 Å². The van der Waals surface area contributed by atoms with Gasteiger partial charge in [0.1, 0.15) is 6.07 Å². The molecular weight excluding hydrogens is 172 g/mol. The average molecular weight is 177 g/mol. The van der Waals surface area contributed by atoms with Crippen molar-refractivity contribution in [3.63, 3.8) is 0 Å². The maximum Gasteiger partial charge on any atom is 0.413 e. The number of nitriles is 1. The zero-order valence-corrected chi connectivity index (χ0v) is 6.13. The predicted molar refractivity (Wildman–Crippen MR) is 32.2 cm³/mol. The number of esters is 1. The zero-order valence-electron chi connectivity index (χ0n) is 6.13. The molecule has 0 radical (unpaired) electrons. The van der Waals surface area contributed by atoms with Gasteiger partial charge in [0.2, 0.25) is 0 Å². The van der Waals surface area contributed by atoms with Crippen molar-refractivity contribution in [3.05, 3.63) is 0 Å². The van der Waals surface area contributed by atoms with E-state index in [1.165, 1.54) is 6.92 Å². The average Bonchev–Trinajstić information content (AvgIpc) is 2.03. The summed E-state index contributed by atoms with van der Waals surface area (Å²) in [4.78, 5) is 20.5. The summed E-state index contributed by atoms with van der Waals surface area (Å²) in [5.41, 5.74) is 0. The van der Waals surface area contributed by atoms with Gasteiger partial charge in [0.15, 0.2) is 0 Å². The number of hydrogen-bond acceptors (Lipinski definition) is 4. The molecule has 0 bridgehead atoms. The van der Waals surface area contributed by atoms with Gasteiger partial charge in [-0.3, -0.25) is 4.79 Å². The van der Waals surface area contributed by atoms with Gasteiger partial charge in [-0.25, -0.2) is 4.79 Å². The van der Waals surface area contributed by atoms with Gasteiger partial charge < -0.3 is 4.74 Å². The number of carbonyl (C=O) groups excluding carboxylic acids is 2. The van der Waals surface area contributed by atoms with E-state index in [9.17, 15) is 18.4 Å². The first-order valence-corrected chi connectivity index (χ1v) is 2.96. The van der Waals surface area contributed by atoms with Gasteiger partial charge in [-0.2, -0.15) is 14.0 Å². The van der Waals surface area contributed by atoms with Crippen LogP contribution in [0.15, 0.2) is 0 Å². The third-order valence-corrected chi connectivity index (χ3v) is 0.919. The van der Waals surface area contributed by atoms with Crippen LogP contribution in [0.25, 0.3) is 0 Å². The van der Waals surface area contributed by atoms with Crippen molar-refractivity contribution < 1.29 is 23.1 Å². The van der Waals surface area contributed by atoms with Crippen molar-refractivity contribution in [2.75, 3.05) is 6.61 Å². The smallest absolute Gasteiger partial charge is 0.413 e. The fourth-order valence-electron chi connectivity index (χ4n) is 0.385. The Bertz CT molecular complexity index is 244. The van der Waals surface area contributed by atoms with Crippen molar-refractivity contribution in [3.8, 4) is 6.07 Å². The Morgan fingerprint density at radius 3 is 2.42 bits per heavy atom. The van der Waals surface area contributed by atoms with Crippen LogP contribution >= 0.6 is 0 Å². The number of ketones is 1. The third-order valence-electron chi connectivity index (χ3n) is 0.919. The largest absolute Gasteiger partial charge is 0.461 e. The number of alkyl halides is 2. The van der Waals surface area contributed by atoms with E-state index < -0.39 is 17.7 Å². The summed E-state index contributed by atoms with van der Waals surface area (Å²) in [5, 5.41) is 7.80. The normalized spacial score (nSPS) is 10.2. The van der Waals surface area contributed by atoms with Crippen LogP contribution in [0.4, 0.5) is 8.78 Å². The maximum absolute atomic E-state index is 12.4. The highest BCUT2D eigenvalue weighted by Crippen LogP contribution is 2.16. The number of carbonyl (C=O) groups is 2. The van der Waals surface area contributed by atoms with Crippen molar-refractivity contribution in [2.24, 2.45) is 0 Å². The molecule has 0 fully saturated rings. The highest BCUT2D eigenvalue weighted by Gasteiger charge is 2.49. The molecule has 0 unspecified atom stereocenters. The van der Waals surface area contributed by atoms with E-state index in [-0.39, 0.29) is 6.61 Å². The fraction of sp³-hybridized carbons (Fsp3) is 0.500. The Morgan fingerprint density at radius 2 is 2.08 bits per heavy atom. The molecule has 6 heteroatoms. The molecule has 4 nitrogen and oxygen atoms in total. The monoisotopic (exact) mass is 177 g/mol. The van der Waals surface area contributed by atoms with Gasteiger partial charge in [-0.05, 0) is 6.92 Å². The molecule has 0 N–H and O–H groups in total. The predicted octanol–water partition coefficient (Wildman–Crippen LogP) is 0.277. The molecule has 0 aliphatic carbocycles. The van der Waals surface area contributed by atoms with Gasteiger partial charge in [0, 0.05) is 0 Å². The van der Waals surface area contributed by atoms with Crippen LogP contribution in [0.3, 0.4) is 0 Å². The lowest BCUT2D eigenvalue weighted by molar-refractivity contribution is -0.174. The van der Waals surface area contributed by atoms with Crippen LogP contribution in [0.2, 0.25) is 0 Å². The van der Waals surface area contributed by atoms with Gasteiger partial charge in [0.05, 0.1) is 6.61 Å². The summed E-state index contributed by atoms with van der Waals surface area (Å²) in [7, 11) is 0. The maximum atomic E-state index is 12.4. The second kappa shape index (κ2) is 3.76. The molecule has 0 rings (SSSR count). The number of rotatable bonds is 3. The van der Waals surface area contributed by atoms with Crippen molar-refractivity contribution in [2.45, 2.75) is 12.8 Å². The Hall–Kier alpha value is -1.51. The second-order valence-electron chi connectivity index (χ2n) is 1.74. The minimum absolute atomic E-state index is 0.271. The number of ether oxygens (including phenoxy) is 1. The van der Waals surface area contributed by atoms with Crippen molar-refractivity contribution >= 4 is 11.8 Å². The molecule has 0 aromatic heterocycles. The third kappa shape index (κ3) is 1.99. The lowest BCUT2D eigenvalue weighted by atomic mass is 10.2. The first-order chi connectivity index (χ1) is 5.46. The lowest BCUT2D eigenvalue weighted by Gasteiger charge is -2.08. The molecule has 0 saturated carbocycles. The summed E-state index contributed by atoms with van der Waals surface area (Å²) in [6.45, 7) is 1.04. The van der Waals surface area contributed by atoms with Gasteiger partial charge >= 0.3 is 17.7 Å². The Kier molecular flexibility index (Phi) is 3.29. The highest BCUT2D eigenvalue weighted by molar-refractivity contribution is 6.12. The van der Waals surface area contributed by atoms with Crippen LogP contribution in [-0.4, -0.2) is 24.3 Å². The zero-order chi connectivity index (χ0) is 9.78. The first kappa shape index (κ1) is 10.5. The van der Waals surface area contributed by atoms with Gasteiger partial charge in [-0.1, -0.05) is 0 Å². The van der Waals surface area contributed by atoms with Crippen LogP contribution in [0, 0.1) is 11.3 Å². The van der Waals surface area contributed by atoms with E-state index in [0.717, 1.165) is 0 Å². The molecule has 66 valence electrons. The van der Waals surface area contributed by atoms with Crippen LogP contribution < -0.4 is 0 Å². The molecule has 0 aliphatic heterocycles. The summed E-state index contributed by atoms with van der Waals surface area (Å²) in [6.07, 6.45) is 0. The lowest BCUT2D eigenvalue weighted by Crippen LogP contribution is -2.38. The Morgan fingerprint density at radius 1 is 1.58 bits per heavy atom. The van der Waals surface area contributed by atoms with Gasteiger partial charge in [-0.15, -0.1) is 0 Å². The first-order valence-electron chi connectivity index (χ1n) is 2.96. The van der Waals surface area contributed by atoms with E-state index in [0.29, 0.717) is 6.07 Å². The molecular formula is C6H5F2NO3. The van der Waals surface area contributed by atoms with Crippen LogP contribution in [0.5, 0.6) is 0 Å². The minimum Gasteiger partial charge on any atom is -0.461 e. The van der Waals surface area contributed by atoms with E-state index in [1.807, 2.05) is 0 Å². The molecule has 0 spiro atoms. The molecule has 0 aromatic rings. The Labute approximate surface area is 66.7 Å². The van der Waals surface area contributed by atoms with E-state index in [4.69, 9.17) is 5.26 Å². The molecule has 0 amide bonds. The summed E-state index contributed by atoms with van der Waals surface area (Å²) in [5.74, 6) is -8.44. The molecule has 12 heavy (non-hydrogen) atoms. The Balaban J connectivity index is 4.52. The number of nitrogens with zero attached hydrogens (tertiary/aromatic N) is 1. The van der Waals surface area contributed by atoms with Crippen molar-refractivity contribution in [1.29, 1.82) is 5.26 Å². The molecule has 0 aliphatic rings. The molecule has 0 saturated heterocycles. The SMILES string of the molecule is CCOC(=O)C(F)(F)C(=O)C#N. The number of Topliss-reactive ketones (excluding diaryl/α,β-unsaturated/α-hetero) is 1. The van der Waals surface area contributed by atoms with E-state index in [1.54, 1.807) is 0 Å². The fourth-order valence-corrected chi connectivity index (χ4v) is 0.385. The summed E-state index contributed by atoms with van der Waals surface area (Å²) < 4.78 is 28.6. The van der Waals surface area contributed by atoms with Crippen LogP contribution in [0.1, 0.15) is 6.92 Å². The summed E-state index contributed by atoms with van der Waals surface area (Å²) >= 11 is 0. The number of hydrogen-bond donors (Lipinski definition) is 0. The molecule has 0 atom stereocenters. The molecule has 0 aromatic carbocycles. The standard InChI is InChI=1S/C6H5F2NO3/c1-2-12-5(11)6(7,8)4(10)3-9/h2H2,1H3. The van der Waals surface area contributed by atoms with Gasteiger partial charge in [0.25, 0.3) is 0 Å². The van der Waals surface area contributed by atoms with Crippen LogP contribution in [-0.2, 0) is 14.3 Å². The quantitative estimate of drug-likeness (QED) is 0.352. The summed E-state index contributed by atoms with van der Waals surface area (Å²) in [6, 6.07) is 0.655. The molecule has 0 heterocycles. The van der Waals surface area contributed by atoms with E-state index in [2.05, 4.69) is 4.74 Å². The number of halogens is 2. The second-order valence-corrected chi connectivity index (χ2v) is 1.74. The minimum atomic E-state index is -4.34.